The summed E-state index contributed by atoms with van der Waals surface area (Å²) < 4.78 is 13.2. The highest BCUT2D eigenvalue weighted by molar-refractivity contribution is 5.91. The summed E-state index contributed by atoms with van der Waals surface area (Å²) in [5.74, 6) is -0.00378. The lowest BCUT2D eigenvalue weighted by molar-refractivity contribution is -0.956. The van der Waals surface area contributed by atoms with Gasteiger partial charge in [0.1, 0.15) is 36.1 Å². The number of ether oxygens (including phenoxy) is 2. The summed E-state index contributed by atoms with van der Waals surface area (Å²) >= 11 is 0. The van der Waals surface area contributed by atoms with Crippen molar-refractivity contribution in [1.29, 1.82) is 0 Å². The third kappa shape index (κ3) is 7.84. The number of quaternary nitrogens is 1. The van der Waals surface area contributed by atoms with Crippen LogP contribution in [0.25, 0.3) is 22.0 Å². The Kier molecular flexibility index (Phi) is 10.7. The number of phenols is 1. The summed E-state index contributed by atoms with van der Waals surface area (Å²) in [6.07, 6.45) is 9.37. The van der Waals surface area contributed by atoms with E-state index in [0.717, 1.165) is 60.1 Å². The Hall–Kier alpha value is -4.22. The molecule has 3 aliphatic rings. The number of pyridine rings is 1. The molecule has 3 fully saturated rings. The smallest absolute Gasteiger partial charge is 0.411 e. The molecule has 4 heterocycles. The van der Waals surface area contributed by atoms with Crippen molar-refractivity contribution in [3.63, 3.8) is 0 Å². The van der Waals surface area contributed by atoms with Gasteiger partial charge in [-0.1, -0.05) is 80.3 Å². The van der Waals surface area contributed by atoms with Crippen LogP contribution >= 0.6 is 0 Å². The Balaban J connectivity index is 0.778. The fourth-order valence-electron chi connectivity index (χ4n) is 8.72. The summed E-state index contributed by atoms with van der Waals surface area (Å²) in [5, 5.41) is 27.8. The van der Waals surface area contributed by atoms with E-state index in [-0.39, 0.29) is 23.5 Å². The number of aromatic amines is 1. The molecule has 1 aromatic heterocycles. The number of aliphatic hydroxyl groups is 1. The van der Waals surface area contributed by atoms with Gasteiger partial charge in [-0.15, -0.1) is 0 Å². The lowest BCUT2D eigenvalue weighted by atomic mass is 9.94. The number of carbonyl (C=O) groups is 1. The van der Waals surface area contributed by atoms with E-state index in [1.807, 2.05) is 54.6 Å². The fourth-order valence-corrected chi connectivity index (χ4v) is 8.72. The first-order valence-electron chi connectivity index (χ1n) is 18.7. The summed E-state index contributed by atoms with van der Waals surface area (Å²) in [6, 6.07) is 24.9. The highest BCUT2D eigenvalue weighted by Crippen LogP contribution is 2.53. The number of aliphatic hydroxyl groups excluding tert-OH is 1. The largest absolute Gasteiger partial charge is 0.506 e. The predicted molar refractivity (Wildman–Crippen MR) is 199 cm³/mol. The number of nitrogens with zero attached hydrogens (tertiary/aromatic N) is 1. The number of morpholine rings is 1. The zero-order valence-electron chi connectivity index (χ0n) is 29.4. The van der Waals surface area contributed by atoms with Crippen molar-refractivity contribution in [2.45, 2.75) is 94.3 Å². The van der Waals surface area contributed by atoms with Crippen molar-refractivity contribution >= 4 is 22.7 Å². The molecule has 0 radical (unpaired) electrons. The maximum absolute atomic E-state index is 13.1. The Labute approximate surface area is 299 Å². The number of aromatic nitrogens is 1. The molecule has 3 aliphatic heterocycles. The van der Waals surface area contributed by atoms with Crippen molar-refractivity contribution in [3.05, 3.63) is 94.8 Å². The normalized spacial score (nSPS) is 25.3. The van der Waals surface area contributed by atoms with Crippen LogP contribution in [0.4, 0.5) is 10.5 Å². The molecule has 7 rings (SSSR count). The van der Waals surface area contributed by atoms with E-state index < -0.39 is 6.10 Å². The first kappa shape index (κ1) is 35.2. The highest BCUT2D eigenvalue weighted by Gasteiger charge is 2.71. The van der Waals surface area contributed by atoms with Crippen molar-refractivity contribution < 1.29 is 29.0 Å². The van der Waals surface area contributed by atoms with E-state index in [0.29, 0.717) is 47.3 Å². The number of aromatic hydroxyl groups is 1. The van der Waals surface area contributed by atoms with E-state index in [1.165, 1.54) is 44.2 Å². The predicted octanol–water partition coefficient (Wildman–Crippen LogP) is 6.63. The Bertz CT molecular complexity index is 1850. The monoisotopic (exact) mass is 695 g/mol. The third-order valence-electron chi connectivity index (χ3n) is 11.5. The number of rotatable bonds is 16. The van der Waals surface area contributed by atoms with E-state index >= 15 is 0 Å². The maximum Gasteiger partial charge on any atom is 0.411 e. The topological polar surface area (TPSA) is 136 Å². The molecule has 3 saturated heterocycles. The molecule has 5 N–H and O–H groups in total. The molecule has 3 aromatic carbocycles. The average molecular weight is 696 g/mol. The summed E-state index contributed by atoms with van der Waals surface area (Å²) in [4.78, 5) is 27.4. The molecule has 2 bridgehead atoms. The average Bonchev–Trinajstić information content (AvgIpc) is 3.90. The van der Waals surface area contributed by atoms with Gasteiger partial charge in [-0.05, 0) is 55.1 Å². The van der Waals surface area contributed by atoms with Gasteiger partial charge in [0.2, 0.25) is 5.56 Å². The SMILES string of the molecule is C[N+]1(CCCCCCCCCNC[C@H](O)c2ccc(O)c3[nH]c(=O)ccc23)C2CC(OC(=O)Nc3ccccc3-c3ccccc3)CC1C1OC12. The maximum atomic E-state index is 13.1. The number of anilines is 1. The van der Waals surface area contributed by atoms with Crippen LogP contribution in [0.1, 0.15) is 69.5 Å². The van der Waals surface area contributed by atoms with Gasteiger partial charge in [0.05, 0.1) is 30.9 Å². The van der Waals surface area contributed by atoms with E-state index in [4.69, 9.17) is 9.47 Å². The number of carbonyl (C=O) groups excluding carboxylic acids is 1. The van der Waals surface area contributed by atoms with Gasteiger partial charge in [-0.3, -0.25) is 10.1 Å². The molecular weight excluding hydrogens is 644 g/mol. The van der Waals surface area contributed by atoms with Crippen molar-refractivity contribution in [2.24, 2.45) is 0 Å². The minimum atomic E-state index is -0.734. The first-order chi connectivity index (χ1) is 24.8. The Morgan fingerprint density at radius 1 is 0.902 bits per heavy atom. The minimum Gasteiger partial charge on any atom is -0.506 e. The molecule has 51 heavy (non-hydrogen) atoms. The van der Waals surface area contributed by atoms with Crippen LogP contribution in [-0.4, -0.2) is 82.9 Å². The number of likely N-dealkylation sites (N-methyl/N-ethyl adjacent to an activating group) is 1. The van der Waals surface area contributed by atoms with Gasteiger partial charge in [-0.2, -0.15) is 0 Å². The van der Waals surface area contributed by atoms with Crippen LogP contribution in [0.3, 0.4) is 0 Å². The molecule has 0 saturated carbocycles. The molecular formula is C41H51N4O6+. The molecule has 4 unspecified atom stereocenters. The number of piperidine rings is 1. The van der Waals surface area contributed by atoms with Crippen LogP contribution in [0.2, 0.25) is 0 Å². The summed E-state index contributed by atoms with van der Waals surface area (Å²) in [5.41, 5.74) is 3.54. The van der Waals surface area contributed by atoms with Crippen LogP contribution in [-0.2, 0) is 9.47 Å². The number of phenolic OH excluding ortho intramolecular Hbond substituents is 1. The van der Waals surface area contributed by atoms with Crippen LogP contribution in [0.15, 0.2) is 83.7 Å². The van der Waals surface area contributed by atoms with Crippen molar-refractivity contribution in [1.82, 2.24) is 10.3 Å². The molecule has 1 amide bonds. The zero-order valence-corrected chi connectivity index (χ0v) is 29.4. The molecule has 10 nitrogen and oxygen atoms in total. The van der Waals surface area contributed by atoms with Crippen molar-refractivity contribution in [2.75, 3.05) is 32.0 Å². The number of hydrogen-bond donors (Lipinski definition) is 5. The molecule has 270 valence electrons. The number of epoxide rings is 1. The van der Waals surface area contributed by atoms with Crippen LogP contribution in [0, 0.1) is 0 Å². The zero-order chi connectivity index (χ0) is 35.4. The second-order valence-electron chi connectivity index (χ2n) is 14.8. The number of nitrogens with one attached hydrogen (secondary N) is 3. The highest BCUT2D eigenvalue weighted by atomic mass is 16.6. The quantitative estimate of drug-likeness (QED) is 0.0505. The molecule has 4 aromatic rings. The lowest BCUT2D eigenvalue weighted by Gasteiger charge is -2.48. The number of fused-ring (bicyclic) bond motifs is 6. The van der Waals surface area contributed by atoms with Gasteiger partial charge >= 0.3 is 6.09 Å². The Morgan fingerprint density at radius 2 is 1.59 bits per heavy atom. The fraction of sp³-hybridized carbons (Fsp3) is 0.463. The van der Waals surface area contributed by atoms with Gasteiger partial charge < -0.3 is 34.5 Å². The second-order valence-corrected chi connectivity index (χ2v) is 14.8. The minimum absolute atomic E-state index is 0.00378. The first-order valence-corrected chi connectivity index (χ1v) is 18.7. The second kappa shape index (κ2) is 15.6. The lowest BCUT2D eigenvalue weighted by Crippen LogP contribution is -2.62. The number of para-hydroxylation sites is 1. The van der Waals surface area contributed by atoms with Crippen LogP contribution in [0.5, 0.6) is 5.75 Å². The standard InChI is InChI=1S/C41H50N4O6/c1-45(23-13-6-4-2-3-5-12-22-42-26-36(47)30-18-20-35(46)38-31(30)19-21-37(48)44-38)33-24-28(25-34(45)40-39(33)51-40)50-41(49)43-32-17-11-10-16-29(32)27-14-8-7-9-15-27/h7-11,14-21,28,33-34,36,39-40,42,47H,2-6,12-13,22-26H2,1H3,(H2-,43,44,46,48,49)/p+1/t28?,33?,34?,36-,39?,40?,45?/m0/s1. The molecule has 10 heteroatoms. The third-order valence-corrected chi connectivity index (χ3v) is 11.5. The number of unbranched alkanes of at least 4 members (excludes halogenated alkanes) is 6. The van der Waals surface area contributed by atoms with Gasteiger partial charge in [0.15, 0.2) is 0 Å². The van der Waals surface area contributed by atoms with Crippen LogP contribution < -0.4 is 16.2 Å². The van der Waals surface area contributed by atoms with Gasteiger partial charge in [0, 0.05) is 36.4 Å². The Morgan fingerprint density at radius 3 is 2.35 bits per heavy atom. The summed E-state index contributed by atoms with van der Waals surface area (Å²) in [7, 11) is 2.39. The van der Waals surface area contributed by atoms with Gasteiger partial charge in [-0.25, -0.2) is 4.79 Å². The van der Waals surface area contributed by atoms with E-state index in [9.17, 15) is 19.8 Å². The van der Waals surface area contributed by atoms with Gasteiger partial charge in [0.25, 0.3) is 0 Å². The number of hydrogen-bond acceptors (Lipinski definition) is 7. The molecule has 5 atom stereocenters. The van der Waals surface area contributed by atoms with E-state index in [1.54, 1.807) is 12.1 Å². The number of amides is 1. The van der Waals surface area contributed by atoms with E-state index in [2.05, 4.69) is 22.7 Å². The van der Waals surface area contributed by atoms with Crippen molar-refractivity contribution in [3.8, 4) is 16.9 Å². The number of benzene rings is 3. The number of H-pyrrole nitrogens is 1. The molecule has 0 aliphatic carbocycles. The summed E-state index contributed by atoms with van der Waals surface area (Å²) in [6.45, 7) is 2.39. The molecule has 0 spiro atoms.